The van der Waals surface area contributed by atoms with E-state index < -0.39 is 11.6 Å². The fourth-order valence-electron chi connectivity index (χ4n) is 6.96. The summed E-state index contributed by atoms with van der Waals surface area (Å²) in [6.45, 7) is 0. The number of nitrogens with two attached hydrogens (primary N) is 1. The van der Waals surface area contributed by atoms with Crippen molar-refractivity contribution in [3.63, 3.8) is 0 Å². The molecule has 1 amide bonds. The lowest BCUT2D eigenvalue weighted by molar-refractivity contribution is -0.177. The summed E-state index contributed by atoms with van der Waals surface area (Å²) in [6.07, 6.45) is 7.48. The molecule has 132 valence electrons. The quantitative estimate of drug-likeness (QED) is 0.790. The molecule has 0 aromatic carbocycles. The van der Waals surface area contributed by atoms with Crippen molar-refractivity contribution in [1.82, 2.24) is 4.90 Å². The number of carbonyl (C=O) groups is 1. The fraction of sp³-hybridized carbons (Fsp3) is 0.889. The third kappa shape index (κ3) is 2.16. The summed E-state index contributed by atoms with van der Waals surface area (Å²) in [5.41, 5.74) is 5.71. The van der Waals surface area contributed by atoms with Gasteiger partial charge in [0.1, 0.15) is 6.04 Å². The highest BCUT2D eigenvalue weighted by molar-refractivity contribution is 5.85. The lowest BCUT2D eigenvalue weighted by atomic mass is 9.46. The first-order valence-corrected chi connectivity index (χ1v) is 9.13. The van der Waals surface area contributed by atoms with Crippen molar-refractivity contribution in [2.45, 2.75) is 75.1 Å². The summed E-state index contributed by atoms with van der Waals surface area (Å²) >= 11 is 0. The summed E-state index contributed by atoms with van der Waals surface area (Å²) in [5, 5.41) is 20.2. The normalized spacial score (nSPS) is 51.5. The summed E-state index contributed by atoms with van der Waals surface area (Å²) in [5.74, 6) is 1.56. The van der Waals surface area contributed by atoms with Gasteiger partial charge >= 0.3 is 0 Å². The number of aliphatic hydroxyl groups is 1. The third-order valence-electron chi connectivity index (χ3n) is 7.51. The Morgan fingerprint density at radius 1 is 1.21 bits per heavy atom. The van der Waals surface area contributed by atoms with E-state index in [-0.39, 0.29) is 35.8 Å². The van der Waals surface area contributed by atoms with Gasteiger partial charge in [-0.3, -0.25) is 4.79 Å². The molecule has 6 rings (SSSR count). The van der Waals surface area contributed by atoms with E-state index in [1.54, 1.807) is 4.90 Å². The first-order valence-electron chi connectivity index (χ1n) is 9.13. The van der Waals surface area contributed by atoms with E-state index in [4.69, 9.17) is 5.73 Å². The van der Waals surface area contributed by atoms with Crippen molar-refractivity contribution < 1.29 is 9.90 Å². The van der Waals surface area contributed by atoms with Crippen molar-refractivity contribution in [2.75, 3.05) is 0 Å². The van der Waals surface area contributed by atoms with Gasteiger partial charge in [-0.1, -0.05) is 0 Å². The summed E-state index contributed by atoms with van der Waals surface area (Å²) in [4.78, 5) is 14.9. The number of fused-ring (bicyclic) bond motifs is 1. The molecule has 0 radical (unpaired) electrons. The van der Waals surface area contributed by atoms with Crippen LogP contribution >= 0.6 is 12.4 Å². The molecular weight excluding hydrogens is 326 g/mol. The van der Waals surface area contributed by atoms with Crippen molar-refractivity contribution in [1.29, 1.82) is 5.26 Å². The second kappa shape index (κ2) is 5.09. The number of halogens is 1. The zero-order chi connectivity index (χ0) is 16.0. The van der Waals surface area contributed by atoms with Gasteiger partial charge in [0.2, 0.25) is 5.91 Å². The standard InChI is InChI=1S/C18H25N3O2.ClH/c19-8-13-2-12-3-14(12)21(13)16(22)15(20)17-4-10-1-11(5-17)7-18(23,6-10)9-17;/h10-15,23H,1-7,9,20H2;1H/t10?,11?,12-,13?,14+,15-,17?,18?;/m1./s1. The van der Waals surface area contributed by atoms with Gasteiger partial charge in [-0.2, -0.15) is 5.26 Å². The van der Waals surface area contributed by atoms with Crippen molar-refractivity contribution in [3.8, 4) is 6.07 Å². The minimum Gasteiger partial charge on any atom is -0.390 e. The van der Waals surface area contributed by atoms with Crippen LogP contribution < -0.4 is 5.73 Å². The largest absolute Gasteiger partial charge is 0.390 e. The van der Waals surface area contributed by atoms with E-state index >= 15 is 0 Å². The lowest BCUT2D eigenvalue weighted by Crippen LogP contribution is -2.64. The number of nitriles is 1. The van der Waals surface area contributed by atoms with Crippen LogP contribution in [0.25, 0.3) is 0 Å². The fourth-order valence-corrected chi connectivity index (χ4v) is 6.96. The Bertz CT molecular complexity index is 604. The Morgan fingerprint density at radius 3 is 2.46 bits per heavy atom. The molecular formula is C18H26ClN3O2. The number of rotatable bonds is 2. The minimum absolute atomic E-state index is 0. The molecule has 6 aliphatic rings. The van der Waals surface area contributed by atoms with Crippen LogP contribution in [0.15, 0.2) is 0 Å². The molecule has 0 aromatic rings. The van der Waals surface area contributed by atoms with E-state index in [0.717, 1.165) is 38.5 Å². The van der Waals surface area contributed by atoms with E-state index in [1.807, 2.05) is 0 Å². The van der Waals surface area contributed by atoms with Gasteiger partial charge in [-0.05, 0) is 74.5 Å². The number of hydrogen-bond acceptors (Lipinski definition) is 4. The molecule has 6 heteroatoms. The Hall–Kier alpha value is -0.830. The molecule has 3 N–H and O–H groups in total. The van der Waals surface area contributed by atoms with Gasteiger partial charge in [-0.15, -0.1) is 12.4 Å². The molecule has 0 aromatic heterocycles. The molecule has 6 fully saturated rings. The molecule has 5 aliphatic carbocycles. The zero-order valence-corrected chi connectivity index (χ0v) is 14.7. The smallest absolute Gasteiger partial charge is 0.241 e. The number of likely N-dealkylation sites (tertiary alicyclic amines) is 1. The molecule has 0 spiro atoms. The van der Waals surface area contributed by atoms with Crippen LogP contribution in [0.2, 0.25) is 0 Å². The number of carbonyl (C=O) groups excluding carboxylic acids is 1. The Labute approximate surface area is 149 Å². The van der Waals surface area contributed by atoms with Crippen LogP contribution in [0.1, 0.15) is 51.4 Å². The number of nitrogens with zero attached hydrogens (tertiary/aromatic N) is 2. The van der Waals surface area contributed by atoms with Crippen LogP contribution in [0, 0.1) is 34.5 Å². The van der Waals surface area contributed by atoms with E-state index in [9.17, 15) is 15.2 Å². The van der Waals surface area contributed by atoms with Crippen LogP contribution in [0.5, 0.6) is 0 Å². The predicted octanol–water partition coefficient (Wildman–Crippen LogP) is 1.58. The van der Waals surface area contributed by atoms with Gasteiger partial charge in [0.25, 0.3) is 0 Å². The number of piperidine rings is 1. The van der Waals surface area contributed by atoms with Crippen LogP contribution in [-0.4, -0.2) is 39.6 Å². The Balaban J connectivity index is 0.00000146. The predicted molar refractivity (Wildman–Crippen MR) is 90.0 cm³/mol. The van der Waals surface area contributed by atoms with Crippen LogP contribution in [0.3, 0.4) is 0 Å². The Kier molecular flexibility index (Phi) is 3.53. The Morgan fingerprint density at radius 2 is 1.88 bits per heavy atom. The summed E-state index contributed by atoms with van der Waals surface area (Å²) in [6, 6.07) is 1.72. The van der Waals surface area contributed by atoms with Crippen LogP contribution in [0.4, 0.5) is 0 Å². The average molecular weight is 352 g/mol. The molecule has 6 atom stereocenters. The first-order chi connectivity index (χ1) is 10.9. The zero-order valence-electron chi connectivity index (χ0n) is 13.9. The SMILES string of the molecule is Cl.N#CC1C[C@@H]2C[C@@H]2N1C(=O)[C@@H](N)C12CC3CC(CC(O)(C3)C1)C2. The topological polar surface area (TPSA) is 90.4 Å². The molecule has 1 saturated heterocycles. The van der Waals surface area contributed by atoms with E-state index in [0.29, 0.717) is 24.2 Å². The number of amides is 1. The highest BCUT2D eigenvalue weighted by Gasteiger charge is 2.62. The van der Waals surface area contributed by atoms with Crippen LogP contribution in [-0.2, 0) is 4.79 Å². The molecule has 5 saturated carbocycles. The third-order valence-corrected chi connectivity index (χ3v) is 7.51. The monoisotopic (exact) mass is 351 g/mol. The van der Waals surface area contributed by atoms with Gasteiger partial charge in [0.15, 0.2) is 0 Å². The molecule has 24 heavy (non-hydrogen) atoms. The second-order valence-corrected chi connectivity index (χ2v) is 9.21. The minimum atomic E-state index is -0.594. The van der Waals surface area contributed by atoms with E-state index in [2.05, 4.69) is 6.07 Å². The molecule has 4 bridgehead atoms. The van der Waals surface area contributed by atoms with Crippen molar-refractivity contribution >= 4 is 18.3 Å². The molecule has 1 aliphatic heterocycles. The van der Waals surface area contributed by atoms with Gasteiger partial charge in [0.05, 0.1) is 17.7 Å². The molecule has 5 nitrogen and oxygen atoms in total. The molecule has 1 heterocycles. The van der Waals surface area contributed by atoms with Crippen molar-refractivity contribution in [3.05, 3.63) is 0 Å². The second-order valence-electron chi connectivity index (χ2n) is 9.21. The summed E-state index contributed by atoms with van der Waals surface area (Å²) in [7, 11) is 0. The maximum absolute atomic E-state index is 13.1. The van der Waals surface area contributed by atoms with Gasteiger partial charge in [0, 0.05) is 6.04 Å². The van der Waals surface area contributed by atoms with Gasteiger partial charge < -0.3 is 15.7 Å². The lowest BCUT2D eigenvalue weighted by Gasteiger charge is -2.61. The summed E-state index contributed by atoms with van der Waals surface area (Å²) < 4.78 is 0. The van der Waals surface area contributed by atoms with Gasteiger partial charge in [-0.25, -0.2) is 0 Å². The number of hydrogen-bond donors (Lipinski definition) is 2. The van der Waals surface area contributed by atoms with Crippen molar-refractivity contribution in [2.24, 2.45) is 28.9 Å². The molecule has 3 unspecified atom stereocenters. The highest BCUT2D eigenvalue weighted by Crippen LogP contribution is 2.63. The average Bonchev–Trinajstić information content (AvgIpc) is 3.14. The first kappa shape index (κ1) is 16.6. The highest BCUT2D eigenvalue weighted by atomic mass is 35.5. The maximum atomic E-state index is 13.1. The van der Waals surface area contributed by atoms with E-state index in [1.165, 1.54) is 6.42 Å². The maximum Gasteiger partial charge on any atom is 0.241 e.